The van der Waals surface area contributed by atoms with Crippen molar-refractivity contribution in [2.24, 2.45) is 0 Å². The van der Waals surface area contributed by atoms with Crippen LogP contribution in [0.1, 0.15) is 11.4 Å². The molecule has 0 unspecified atom stereocenters. The molecule has 1 fully saturated rings. The van der Waals surface area contributed by atoms with Gasteiger partial charge in [-0.1, -0.05) is 0 Å². The van der Waals surface area contributed by atoms with E-state index in [0.29, 0.717) is 24.9 Å². The number of aryl methyl sites for hydroxylation is 1. The minimum Gasteiger partial charge on any atom is -0.338 e. The number of piperazine rings is 1. The van der Waals surface area contributed by atoms with Crippen molar-refractivity contribution in [1.29, 1.82) is 0 Å². The number of hydrogen-bond acceptors (Lipinski definition) is 5. The van der Waals surface area contributed by atoms with Crippen molar-refractivity contribution in [3.63, 3.8) is 0 Å². The van der Waals surface area contributed by atoms with E-state index in [9.17, 15) is 17.6 Å². The van der Waals surface area contributed by atoms with Gasteiger partial charge < -0.3 is 9.80 Å². The van der Waals surface area contributed by atoms with Crippen LogP contribution in [-0.4, -0.2) is 57.7 Å². The van der Waals surface area contributed by atoms with Crippen LogP contribution in [0.5, 0.6) is 0 Å². The minimum absolute atomic E-state index is 0.122. The van der Waals surface area contributed by atoms with Crippen LogP contribution in [0, 0.1) is 12.7 Å². The molecule has 0 saturated carbocycles. The number of hydrogen-bond donors (Lipinski definition) is 0. The van der Waals surface area contributed by atoms with E-state index in [0.717, 1.165) is 25.2 Å². The first kappa shape index (κ1) is 17.0. The number of likely N-dealkylation sites (N-methyl/N-ethyl adjacent to an activating group) is 1. The fourth-order valence-electron chi connectivity index (χ4n) is 3.15. The van der Waals surface area contributed by atoms with Crippen molar-refractivity contribution in [2.75, 3.05) is 38.1 Å². The average molecular weight is 368 g/mol. The van der Waals surface area contributed by atoms with Crippen LogP contribution in [0.25, 0.3) is 16.6 Å². The second kappa shape index (κ2) is 5.76. The maximum absolute atomic E-state index is 14.0. The Bertz CT molecular complexity index is 988. The van der Waals surface area contributed by atoms with Gasteiger partial charge in [0.2, 0.25) is 5.95 Å². The van der Waals surface area contributed by atoms with Crippen LogP contribution in [0.3, 0.4) is 0 Å². The molecule has 26 heavy (non-hydrogen) atoms. The minimum atomic E-state index is -4.79. The van der Waals surface area contributed by atoms with Gasteiger partial charge in [-0.05, 0) is 20.0 Å². The van der Waals surface area contributed by atoms with Gasteiger partial charge in [-0.25, -0.2) is 14.4 Å². The summed E-state index contributed by atoms with van der Waals surface area (Å²) in [6.07, 6.45) is -4.79. The molecule has 2 aromatic heterocycles. The summed E-state index contributed by atoms with van der Waals surface area (Å²) in [6.45, 7) is 4.66. The Kier molecular flexibility index (Phi) is 3.76. The van der Waals surface area contributed by atoms with E-state index in [1.807, 2.05) is 11.9 Å². The smallest absolute Gasteiger partial charge is 0.338 e. The van der Waals surface area contributed by atoms with E-state index < -0.39 is 17.6 Å². The van der Waals surface area contributed by atoms with Gasteiger partial charge in [0.25, 0.3) is 0 Å². The van der Waals surface area contributed by atoms with E-state index in [4.69, 9.17) is 0 Å². The van der Waals surface area contributed by atoms with Gasteiger partial charge in [0, 0.05) is 37.6 Å². The molecular weight excluding hydrogens is 352 g/mol. The zero-order valence-corrected chi connectivity index (χ0v) is 14.2. The van der Waals surface area contributed by atoms with Crippen LogP contribution >= 0.6 is 0 Å². The number of nitrogens with zero attached hydrogens (tertiary/aromatic N) is 6. The number of halogens is 4. The molecule has 1 aliphatic heterocycles. The predicted octanol–water partition coefficient (Wildman–Crippen LogP) is 2.50. The molecule has 3 aromatic rings. The molecule has 3 heterocycles. The Labute approximate surface area is 146 Å². The molecule has 0 radical (unpaired) electrons. The molecule has 1 aliphatic rings. The van der Waals surface area contributed by atoms with Gasteiger partial charge in [0.05, 0.1) is 11.1 Å². The molecule has 0 bridgehead atoms. The molecule has 138 valence electrons. The van der Waals surface area contributed by atoms with Gasteiger partial charge in [0.1, 0.15) is 11.6 Å². The lowest BCUT2D eigenvalue weighted by Crippen LogP contribution is -2.45. The van der Waals surface area contributed by atoms with Gasteiger partial charge >= 0.3 is 6.18 Å². The number of alkyl halides is 3. The highest BCUT2D eigenvalue weighted by Crippen LogP contribution is 2.35. The SMILES string of the molecule is Cc1nc2c3cc(C(F)(F)F)c(F)cc3nc(N3CCN(C)CC3)n2n1. The van der Waals surface area contributed by atoms with Crippen LogP contribution in [-0.2, 0) is 6.18 Å². The quantitative estimate of drug-likeness (QED) is 0.618. The van der Waals surface area contributed by atoms with E-state index in [1.165, 1.54) is 4.52 Å². The highest BCUT2D eigenvalue weighted by atomic mass is 19.4. The molecule has 10 heteroatoms. The Balaban J connectivity index is 1.96. The fourth-order valence-corrected chi connectivity index (χ4v) is 3.15. The van der Waals surface area contributed by atoms with E-state index in [2.05, 4.69) is 20.0 Å². The Morgan fingerprint density at radius 2 is 1.73 bits per heavy atom. The summed E-state index contributed by atoms with van der Waals surface area (Å²) in [4.78, 5) is 12.8. The molecule has 1 aromatic carbocycles. The van der Waals surface area contributed by atoms with Crippen LogP contribution < -0.4 is 4.90 Å². The maximum Gasteiger partial charge on any atom is 0.419 e. The van der Waals surface area contributed by atoms with Crippen molar-refractivity contribution in [3.8, 4) is 0 Å². The van der Waals surface area contributed by atoms with Crippen LogP contribution in [0.4, 0.5) is 23.5 Å². The highest BCUT2D eigenvalue weighted by molar-refractivity contribution is 5.93. The Morgan fingerprint density at radius 3 is 2.38 bits per heavy atom. The lowest BCUT2D eigenvalue weighted by atomic mass is 10.1. The zero-order chi connectivity index (χ0) is 18.6. The Morgan fingerprint density at radius 1 is 1.04 bits per heavy atom. The number of anilines is 1. The van der Waals surface area contributed by atoms with Crippen molar-refractivity contribution in [1.82, 2.24) is 24.5 Å². The number of fused-ring (bicyclic) bond motifs is 3. The van der Waals surface area contributed by atoms with E-state index >= 15 is 0 Å². The third-order valence-corrected chi connectivity index (χ3v) is 4.54. The summed E-state index contributed by atoms with van der Waals surface area (Å²) in [5.74, 6) is -0.477. The number of benzene rings is 1. The average Bonchev–Trinajstić information content (AvgIpc) is 2.95. The van der Waals surface area contributed by atoms with Gasteiger partial charge in [0.15, 0.2) is 5.65 Å². The summed E-state index contributed by atoms with van der Waals surface area (Å²) >= 11 is 0. The van der Waals surface area contributed by atoms with Gasteiger partial charge in [-0.2, -0.15) is 17.7 Å². The summed E-state index contributed by atoms with van der Waals surface area (Å²) in [7, 11) is 2.01. The molecular formula is C16H16F4N6. The molecule has 4 rings (SSSR count). The van der Waals surface area contributed by atoms with Crippen molar-refractivity contribution < 1.29 is 17.6 Å². The summed E-state index contributed by atoms with van der Waals surface area (Å²) in [6, 6.07) is 1.58. The summed E-state index contributed by atoms with van der Waals surface area (Å²) in [5.41, 5.74) is -0.960. The van der Waals surface area contributed by atoms with E-state index in [-0.39, 0.29) is 16.6 Å². The maximum atomic E-state index is 14.0. The van der Waals surface area contributed by atoms with Crippen LogP contribution in [0.15, 0.2) is 12.1 Å². The van der Waals surface area contributed by atoms with E-state index in [1.54, 1.807) is 6.92 Å². The third kappa shape index (κ3) is 2.74. The number of rotatable bonds is 1. The molecule has 1 saturated heterocycles. The monoisotopic (exact) mass is 368 g/mol. The van der Waals surface area contributed by atoms with Crippen molar-refractivity contribution >= 4 is 22.5 Å². The molecule has 0 spiro atoms. The molecule has 6 nitrogen and oxygen atoms in total. The van der Waals surface area contributed by atoms with Crippen LogP contribution in [0.2, 0.25) is 0 Å². The first-order valence-corrected chi connectivity index (χ1v) is 8.11. The first-order valence-electron chi connectivity index (χ1n) is 8.11. The second-order valence-electron chi connectivity index (χ2n) is 6.44. The first-order chi connectivity index (χ1) is 12.2. The normalized spacial score (nSPS) is 16.8. The van der Waals surface area contributed by atoms with Crippen molar-refractivity contribution in [2.45, 2.75) is 13.1 Å². The second-order valence-corrected chi connectivity index (χ2v) is 6.44. The molecule has 0 amide bonds. The molecule has 0 aliphatic carbocycles. The van der Waals surface area contributed by atoms with Crippen molar-refractivity contribution in [3.05, 3.63) is 29.3 Å². The number of aromatic nitrogens is 4. The molecule has 0 atom stereocenters. The lowest BCUT2D eigenvalue weighted by molar-refractivity contribution is -0.139. The predicted molar refractivity (Wildman–Crippen MR) is 87.7 cm³/mol. The summed E-state index contributed by atoms with van der Waals surface area (Å²) in [5, 5.41) is 4.41. The third-order valence-electron chi connectivity index (χ3n) is 4.54. The van der Waals surface area contributed by atoms with Gasteiger partial charge in [-0.3, -0.25) is 0 Å². The topological polar surface area (TPSA) is 49.6 Å². The largest absolute Gasteiger partial charge is 0.419 e. The molecule has 0 N–H and O–H groups in total. The highest BCUT2D eigenvalue weighted by Gasteiger charge is 2.35. The zero-order valence-electron chi connectivity index (χ0n) is 14.2. The standard InChI is InChI=1S/C16H16F4N6/c1-9-21-14-10-7-11(16(18,19)20)12(17)8-13(10)22-15(26(14)23-9)25-5-3-24(2)4-6-25/h7-8H,3-6H2,1-2H3. The lowest BCUT2D eigenvalue weighted by Gasteiger charge is -2.33. The Hall–Kier alpha value is -2.49. The van der Waals surface area contributed by atoms with Gasteiger partial charge in [-0.15, -0.1) is 5.10 Å². The fraction of sp³-hybridized carbons (Fsp3) is 0.438. The summed E-state index contributed by atoms with van der Waals surface area (Å²) < 4.78 is 54.7.